The van der Waals surface area contributed by atoms with Crippen molar-refractivity contribution >= 4 is 0 Å². The summed E-state index contributed by atoms with van der Waals surface area (Å²) in [5.74, 6) is 0. The molecule has 2 heteroatoms. The molecular weight excluding hydrogens is 148 g/mol. The Morgan fingerprint density at radius 2 is 1.67 bits per heavy atom. The summed E-state index contributed by atoms with van der Waals surface area (Å²) in [5, 5.41) is 0. The van der Waals surface area contributed by atoms with E-state index in [1.165, 1.54) is 19.3 Å². The van der Waals surface area contributed by atoms with E-state index in [0.29, 0.717) is 0 Å². The van der Waals surface area contributed by atoms with E-state index < -0.39 is 0 Å². The third-order valence-corrected chi connectivity index (χ3v) is 2.30. The Balaban J connectivity index is 3.42. The Bertz CT molecular complexity index is 100. The molecule has 0 heterocycles. The highest BCUT2D eigenvalue weighted by atomic mass is 14.7. The number of hydrogen-bond donors (Lipinski definition) is 2. The summed E-state index contributed by atoms with van der Waals surface area (Å²) in [5.41, 5.74) is 11.6. The molecule has 0 spiro atoms. The fourth-order valence-corrected chi connectivity index (χ4v) is 1.38. The summed E-state index contributed by atoms with van der Waals surface area (Å²) in [6, 6.07) is 0. The Hall–Kier alpha value is -0.0800. The molecule has 0 saturated carbocycles. The smallest absolute Gasteiger partial charge is 0.0125 e. The average molecular weight is 172 g/mol. The molecule has 1 unspecified atom stereocenters. The SMILES string of the molecule is CCCCC(C)(N)CCCCN. The summed E-state index contributed by atoms with van der Waals surface area (Å²) >= 11 is 0. The van der Waals surface area contributed by atoms with Gasteiger partial charge in [-0.2, -0.15) is 0 Å². The molecule has 0 fully saturated rings. The fraction of sp³-hybridized carbons (Fsp3) is 1.00. The van der Waals surface area contributed by atoms with Gasteiger partial charge in [0, 0.05) is 5.54 Å². The van der Waals surface area contributed by atoms with Gasteiger partial charge in [-0.15, -0.1) is 0 Å². The molecular formula is C10H24N2. The van der Waals surface area contributed by atoms with Crippen molar-refractivity contribution in [3.63, 3.8) is 0 Å². The van der Waals surface area contributed by atoms with E-state index >= 15 is 0 Å². The van der Waals surface area contributed by atoms with Crippen molar-refractivity contribution in [3.8, 4) is 0 Å². The van der Waals surface area contributed by atoms with Crippen molar-refractivity contribution in [1.82, 2.24) is 0 Å². The summed E-state index contributed by atoms with van der Waals surface area (Å²) in [6.45, 7) is 5.15. The number of hydrogen-bond acceptors (Lipinski definition) is 2. The molecule has 0 radical (unpaired) electrons. The molecule has 0 aromatic carbocycles. The lowest BCUT2D eigenvalue weighted by atomic mass is 9.90. The first-order valence-electron chi connectivity index (χ1n) is 5.11. The zero-order chi connectivity index (χ0) is 9.45. The van der Waals surface area contributed by atoms with Crippen LogP contribution in [0, 0.1) is 0 Å². The van der Waals surface area contributed by atoms with Gasteiger partial charge < -0.3 is 11.5 Å². The van der Waals surface area contributed by atoms with Gasteiger partial charge >= 0.3 is 0 Å². The molecule has 12 heavy (non-hydrogen) atoms. The molecule has 0 aromatic rings. The molecule has 0 saturated heterocycles. The first-order chi connectivity index (χ1) is 5.62. The van der Waals surface area contributed by atoms with E-state index in [9.17, 15) is 0 Å². The van der Waals surface area contributed by atoms with Crippen LogP contribution in [-0.4, -0.2) is 12.1 Å². The zero-order valence-corrected chi connectivity index (χ0v) is 8.60. The fourth-order valence-electron chi connectivity index (χ4n) is 1.38. The predicted octanol–water partition coefficient (Wildman–Crippen LogP) is 2.02. The molecule has 4 N–H and O–H groups in total. The minimum Gasteiger partial charge on any atom is -0.330 e. The maximum atomic E-state index is 6.10. The minimum absolute atomic E-state index is 0.0468. The van der Waals surface area contributed by atoms with E-state index in [0.717, 1.165) is 25.8 Å². The molecule has 1 atom stereocenters. The quantitative estimate of drug-likeness (QED) is 0.577. The van der Waals surface area contributed by atoms with Crippen LogP contribution < -0.4 is 11.5 Å². The van der Waals surface area contributed by atoms with Gasteiger partial charge in [-0.25, -0.2) is 0 Å². The van der Waals surface area contributed by atoms with Gasteiger partial charge in [-0.1, -0.05) is 26.2 Å². The van der Waals surface area contributed by atoms with Crippen LogP contribution in [0.3, 0.4) is 0 Å². The van der Waals surface area contributed by atoms with Gasteiger partial charge in [0.2, 0.25) is 0 Å². The maximum Gasteiger partial charge on any atom is 0.0125 e. The van der Waals surface area contributed by atoms with Crippen LogP contribution in [0.2, 0.25) is 0 Å². The van der Waals surface area contributed by atoms with E-state index in [-0.39, 0.29) is 5.54 Å². The third-order valence-electron chi connectivity index (χ3n) is 2.30. The Kier molecular flexibility index (Phi) is 6.39. The molecule has 2 nitrogen and oxygen atoms in total. The summed E-state index contributed by atoms with van der Waals surface area (Å²) in [6.07, 6.45) is 7.03. The van der Waals surface area contributed by atoms with E-state index in [1.807, 2.05) is 0 Å². The molecule has 74 valence electrons. The van der Waals surface area contributed by atoms with Gasteiger partial charge in [0.15, 0.2) is 0 Å². The van der Waals surface area contributed by atoms with Gasteiger partial charge in [0.25, 0.3) is 0 Å². The minimum atomic E-state index is 0.0468. The lowest BCUT2D eigenvalue weighted by molar-refractivity contribution is 0.374. The molecule has 0 amide bonds. The predicted molar refractivity (Wildman–Crippen MR) is 55.0 cm³/mol. The topological polar surface area (TPSA) is 52.0 Å². The van der Waals surface area contributed by atoms with Crippen LogP contribution in [0.15, 0.2) is 0 Å². The van der Waals surface area contributed by atoms with Crippen molar-refractivity contribution < 1.29 is 0 Å². The molecule has 0 aliphatic rings. The Labute approximate surface area is 76.7 Å². The van der Waals surface area contributed by atoms with Crippen molar-refractivity contribution in [2.45, 2.75) is 57.9 Å². The molecule has 0 aliphatic heterocycles. The first-order valence-corrected chi connectivity index (χ1v) is 5.11. The molecule has 0 bridgehead atoms. The van der Waals surface area contributed by atoms with Gasteiger partial charge in [0.05, 0.1) is 0 Å². The van der Waals surface area contributed by atoms with Gasteiger partial charge in [-0.3, -0.25) is 0 Å². The maximum absolute atomic E-state index is 6.10. The van der Waals surface area contributed by atoms with Crippen LogP contribution in [0.4, 0.5) is 0 Å². The van der Waals surface area contributed by atoms with Crippen LogP contribution in [0.25, 0.3) is 0 Å². The van der Waals surface area contributed by atoms with Crippen LogP contribution >= 0.6 is 0 Å². The van der Waals surface area contributed by atoms with E-state index in [1.54, 1.807) is 0 Å². The van der Waals surface area contributed by atoms with Crippen LogP contribution in [0.1, 0.15) is 52.4 Å². The Morgan fingerprint density at radius 3 is 2.17 bits per heavy atom. The van der Waals surface area contributed by atoms with Crippen molar-refractivity contribution in [2.75, 3.05) is 6.54 Å². The largest absolute Gasteiger partial charge is 0.330 e. The second-order valence-electron chi connectivity index (χ2n) is 4.00. The number of nitrogens with two attached hydrogens (primary N) is 2. The monoisotopic (exact) mass is 172 g/mol. The second-order valence-corrected chi connectivity index (χ2v) is 4.00. The number of unbranched alkanes of at least 4 members (excludes halogenated alkanes) is 2. The van der Waals surface area contributed by atoms with Gasteiger partial charge in [0.1, 0.15) is 0 Å². The highest BCUT2D eigenvalue weighted by Crippen LogP contribution is 2.17. The van der Waals surface area contributed by atoms with E-state index in [2.05, 4.69) is 13.8 Å². The molecule has 0 aliphatic carbocycles. The molecule has 0 rings (SSSR count). The molecule has 0 aromatic heterocycles. The third kappa shape index (κ3) is 6.62. The standard InChI is InChI=1S/C10H24N2/c1-3-4-7-10(2,12)8-5-6-9-11/h3-9,11-12H2,1-2H3. The average Bonchev–Trinajstić information content (AvgIpc) is 2.01. The van der Waals surface area contributed by atoms with Crippen molar-refractivity contribution in [1.29, 1.82) is 0 Å². The number of rotatable bonds is 7. The lowest BCUT2D eigenvalue weighted by Gasteiger charge is -2.24. The van der Waals surface area contributed by atoms with E-state index in [4.69, 9.17) is 11.5 Å². The van der Waals surface area contributed by atoms with Crippen LogP contribution in [-0.2, 0) is 0 Å². The Morgan fingerprint density at radius 1 is 1.08 bits per heavy atom. The summed E-state index contributed by atoms with van der Waals surface area (Å²) in [7, 11) is 0. The second kappa shape index (κ2) is 6.44. The van der Waals surface area contributed by atoms with Crippen LogP contribution in [0.5, 0.6) is 0 Å². The summed E-state index contributed by atoms with van der Waals surface area (Å²) < 4.78 is 0. The van der Waals surface area contributed by atoms with Crippen molar-refractivity contribution in [3.05, 3.63) is 0 Å². The van der Waals surface area contributed by atoms with Crippen molar-refractivity contribution in [2.24, 2.45) is 11.5 Å². The normalized spacial score (nSPS) is 16.0. The first kappa shape index (κ1) is 11.9. The van der Waals surface area contributed by atoms with Gasteiger partial charge in [-0.05, 0) is 32.7 Å². The summed E-state index contributed by atoms with van der Waals surface area (Å²) in [4.78, 5) is 0. The lowest BCUT2D eigenvalue weighted by Crippen LogP contribution is -2.35. The zero-order valence-electron chi connectivity index (χ0n) is 8.60. The highest BCUT2D eigenvalue weighted by molar-refractivity contribution is 4.77. The highest BCUT2D eigenvalue weighted by Gasteiger charge is 2.16.